The summed E-state index contributed by atoms with van der Waals surface area (Å²) in [5.74, 6) is -0.700. The van der Waals surface area contributed by atoms with E-state index in [0.717, 1.165) is 22.3 Å². The molecule has 4 rings (SSSR count). The van der Waals surface area contributed by atoms with Gasteiger partial charge >= 0.3 is 0 Å². The lowest BCUT2D eigenvalue weighted by molar-refractivity contribution is -0.138. The molecule has 3 aromatic rings. The molecule has 3 amide bonds. The van der Waals surface area contributed by atoms with Crippen molar-refractivity contribution >= 4 is 35.0 Å². The molecule has 2 unspecified atom stereocenters. The van der Waals surface area contributed by atoms with Gasteiger partial charge in [0.05, 0.1) is 12.0 Å². The molecule has 42 heavy (non-hydrogen) atoms. The van der Waals surface area contributed by atoms with Crippen molar-refractivity contribution < 1.29 is 19.1 Å². The van der Waals surface area contributed by atoms with Crippen molar-refractivity contribution in [3.05, 3.63) is 100 Å². The third kappa shape index (κ3) is 7.78. The molecule has 1 aliphatic heterocycles. The van der Waals surface area contributed by atoms with Crippen molar-refractivity contribution in [3.63, 3.8) is 0 Å². The zero-order chi connectivity index (χ0) is 30.7. The van der Waals surface area contributed by atoms with E-state index in [1.54, 1.807) is 11.0 Å². The molecule has 222 valence electrons. The van der Waals surface area contributed by atoms with Gasteiger partial charge in [-0.25, -0.2) is 0 Å². The molecule has 2 N–H and O–H groups in total. The zero-order valence-electron chi connectivity index (χ0n) is 25.2. The fraction of sp³-hybridized carbons (Fsp3) is 0.382. The normalized spacial score (nSPS) is 17.3. The molecular formula is C34H40ClN3O4. The van der Waals surface area contributed by atoms with Gasteiger partial charge in [0.1, 0.15) is 12.2 Å². The van der Waals surface area contributed by atoms with Crippen LogP contribution in [-0.4, -0.2) is 30.4 Å². The van der Waals surface area contributed by atoms with E-state index in [-0.39, 0.29) is 29.6 Å². The van der Waals surface area contributed by atoms with Crippen LogP contribution in [0.15, 0.2) is 72.8 Å². The van der Waals surface area contributed by atoms with Gasteiger partial charge in [0.15, 0.2) is 0 Å². The lowest BCUT2D eigenvalue weighted by Crippen LogP contribution is -2.47. The highest BCUT2D eigenvalue weighted by molar-refractivity contribution is 6.30. The van der Waals surface area contributed by atoms with Crippen LogP contribution in [0, 0.1) is 5.41 Å². The summed E-state index contributed by atoms with van der Waals surface area (Å²) in [6, 6.07) is 22.8. The van der Waals surface area contributed by atoms with Crippen molar-refractivity contribution in [2.24, 2.45) is 5.41 Å². The zero-order valence-corrected chi connectivity index (χ0v) is 25.9. The molecule has 0 aromatic heterocycles. The van der Waals surface area contributed by atoms with E-state index in [1.165, 1.54) is 6.92 Å². The van der Waals surface area contributed by atoms with Crippen LogP contribution < -0.4 is 15.5 Å². The summed E-state index contributed by atoms with van der Waals surface area (Å²) in [6.07, 6.45) is -1.88. The van der Waals surface area contributed by atoms with Gasteiger partial charge in [-0.1, -0.05) is 87.0 Å². The lowest BCUT2D eigenvalue weighted by atomic mass is 9.93. The molecular weight excluding hydrogens is 550 g/mol. The monoisotopic (exact) mass is 589 g/mol. The maximum Gasteiger partial charge on any atom is 0.256 e. The summed E-state index contributed by atoms with van der Waals surface area (Å²) in [6.45, 7) is 12.3. The lowest BCUT2D eigenvalue weighted by Gasteiger charge is -2.32. The van der Waals surface area contributed by atoms with Gasteiger partial charge in [0.2, 0.25) is 11.8 Å². The second-order valence-electron chi connectivity index (χ2n) is 12.6. The number of amides is 3. The molecule has 1 aliphatic rings. The first-order chi connectivity index (χ1) is 19.7. The Bertz CT molecular complexity index is 1450. The number of carbonyl (C=O) groups is 3. The quantitative estimate of drug-likeness (QED) is 0.323. The van der Waals surface area contributed by atoms with Crippen molar-refractivity contribution in [3.8, 4) is 0 Å². The fourth-order valence-electron chi connectivity index (χ4n) is 5.19. The average Bonchev–Trinajstić information content (AvgIpc) is 3.02. The number of fused-ring (bicyclic) bond motifs is 1. The molecule has 0 fully saturated rings. The van der Waals surface area contributed by atoms with Crippen LogP contribution in [0.3, 0.4) is 0 Å². The predicted octanol–water partition coefficient (Wildman–Crippen LogP) is 6.29. The maximum atomic E-state index is 14.2. The van der Waals surface area contributed by atoms with E-state index in [0.29, 0.717) is 23.8 Å². The summed E-state index contributed by atoms with van der Waals surface area (Å²) in [4.78, 5) is 41.0. The second kappa shape index (κ2) is 12.7. The third-order valence-electron chi connectivity index (χ3n) is 7.15. The van der Waals surface area contributed by atoms with Gasteiger partial charge in [-0.2, -0.15) is 0 Å². The minimum Gasteiger partial charge on any atom is -0.355 e. The summed E-state index contributed by atoms with van der Waals surface area (Å²) in [5, 5.41) is 6.44. The van der Waals surface area contributed by atoms with Crippen molar-refractivity contribution in [1.29, 1.82) is 0 Å². The minimum atomic E-state index is -1.05. The van der Waals surface area contributed by atoms with Crippen LogP contribution in [0.25, 0.3) is 0 Å². The first kappa shape index (κ1) is 31.3. The SMILES string of the molecule is CC(=O)NCc1cccc(C2OC(CC(=O)NC(C)(C)c3ccccc3)C(=O)N(CC(C)(C)C)c3ccc(Cl)cc32)c1. The van der Waals surface area contributed by atoms with Crippen LogP contribution in [-0.2, 0) is 31.2 Å². The van der Waals surface area contributed by atoms with Crippen molar-refractivity contribution in [2.45, 2.75) is 72.3 Å². The highest BCUT2D eigenvalue weighted by Crippen LogP contribution is 2.41. The van der Waals surface area contributed by atoms with Crippen LogP contribution in [0.4, 0.5) is 5.69 Å². The molecule has 0 saturated heterocycles. The first-order valence-corrected chi connectivity index (χ1v) is 14.6. The van der Waals surface area contributed by atoms with E-state index in [1.807, 2.05) is 80.6 Å². The number of hydrogen-bond acceptors (Lipinski definition) is 4. The number of ether oxygens (including phenoxy) is 1. The number of anilines is 1. The standard InChI is InChI=1S/C34H40ClN3O4/c1-22(39)36-20-23-11-10-12-24(17-23)31-27-18-26(35)15-16-28(27)38(21-33(2,3)4)32(41)29(42-31)19-30(40)37-34(5,6)25-13-8-7-9-14-25/h7-18,29,31H,19-21H2,1-6H3,(H,36,39)(H,37,40). The number of hydrogen-bond donors (Lipinski definition) is 2. The summed E-state index contributed by atoms with van der Waals surface area (Å²) >= 11 is 6.50. The summed E-state index contributed by atoms with van der Waals surface area (Å²) in [7, 11) is 0. The van der Waals surface area contributed by atoms with E-state index in [2.05, 4.69) is 31.4 Å². The maximum absolute atomic E-state index is 14.2. The number of rotatable bonds is 8. The Kier molecular flexibility index (Phi) is 9.43. The van der Waals surface area contributed by atoms with E-state index >= 15 is 0 Å². The summed E-state index contributed by atoms with van der Waals surface area (Å²) in [5.41, 5.74) is 3.20. The van der Waals surface area contributed by atoms with E-state index < -0.39 is 17.7 Å². The Morgan fingerprint density at radius 3 is 2.33 bits per heavy atom. The third-order valence-corrected chi connectivity index (χ3v) is 7.39. The Morgan fingerprint density at radius 2 is 1.67 bits per heavy atom. The highest BCUT2D eigenvalue weighted by atomic mass is 35.5. The van der Waals surface area contributed by atoms with Gasteiger partial charge < -0.3 is 20.3 Å². The second-order valence-corrected chi connectivity index (χ2v) is 13.0. The molecule has 2 atom stereocenters. The largest absolute Gasteiger partial charge is 0.355 e. The number of benzene rings is 3. The average molecular weight is 590 g/mol. The van der Waals surface area contributed by atoms with Gasteiger partial charge in [-0.15, -0.1) is 0 Å². The Labute approximate surface area is 253 Å². The molecule has 3 aromatic carbocycles. The van der Waals surface area contributed by atoms with Gasteiger partial charge in [0, 0.05) is 36.3 Å². The molecule has 0 bridgehead atoms. The highest BCUT2D eigenvalue weighted by Gasteiger charge is 2.39. The molecule has 8 heteroatoms. The number of nitrogens with zero attached hydrogens (tertiary/aromatic N) is 1. The smallest absolute Gasteiger partial charge is 0.256 e. The Balaban J connectivity index is 1.74. The first-order valence-electron chi connectivity index (χ1n) is 14.2. The Morgan fingerprint density at radius 1 is 0.952 bits per heavy atom. The minimum absolute atomic E-state index is 0.129. The molecule has 0 saturated carbocycles. The Hall–Kier alpha value is -3.68. The van der Waals surface area contributed by atoms with Crippen molar-refractivity contribution in [2.75, 3.05) is 11.4 Å². The molecule has 1 heterocycles. The molecule has 7 nitrogen and oxygen atoms in total. The van der Waals surface area contributed by atoms with Gasteiger partial charge in [-0.3, -0.25) is 14.4 Å². The van der Waals surface area contributed by atoms with Crippen LogP contribution in [0.1, 0.15) is 76.3 Å². The summed E-state index contributed by atoms with van der Waals surface area (Å²) < 4.78 is 6.61. The predicted molar refractivity (Wildman–Crippen MR) is 166 cm³/mol. The number of halogens is 1. The van der Waals surface area contributed by atoms with Gasteiger partial charge in [-0.05, 0) is 54.2 Å². The van der Waals surface area contributed by atoms with Gasteiger partial charge in [0.25, 0.3) is 5.91 Å². The molecule has 0 radical (unpaired) electrons. The van der Waals surface area contributed by atoms with E-state index in [4.69, 9.17) is 16.3 Å². The van der Waals surface area contributed by atoms with Crippen LogP contribution >= 0.6 is 11.6 Å². The van der Waals surface area contributed by atoms with Crippen molar-refractivity contribution in [1.82, 2.24) is 10.6 Å². The number of nitrogens with one attached hydrogen (secondary N) is 2. The van der Waals surface area contributed by atoms with E-state index in [9.17, 15) is 14.4 Å². The molecule has 0 spiro atoms. The van der Waals surface area contributed by atoms with Crippen LogP contribution in [0.5, 0.6) is 0 Å². The fourth-order valence-corrected chi connectivity index (χ4v) is 5.37. The topological polar surface area (TPSA) is 87.7 Å². The molecule has 0 aliphatic carbocycles. The number of carbonyl (C=O) groups excluding carboxylic acids is 3. The van der Waals surface area contributed by atoms with Crippen LogP contribution in [0.2, 0.25) is 5.02 Å².